The molecule has 0 fully saturated rings. The molecular weight excluding hydrogens is 971 g/mol. The molecule has 0 aliphatic heterocycles. The predicted octanol–water partition coefficient (Wildman–Crippen LogP) is 23.3. The Balaban J connectivity index is 3.36. The van der Waals surface area contributed by atoms with Gasteiger partial charge in [0.25, 0.3) is 0 Å². The van der Waals surface area contributed by atoms with Gasteiger partial charge in [0, 0.05) is 12.8 Å². The van der Waals surface area contributed by atoms with Gasteiger partial charge in [0.05, 0.1) is 25.4 Å². The maximum atomic E-state index is 12.5. The van der Waals surface area contributed by atoms with Crippen molar-refractivity contribution in [1.82, 2.24) is 5.32 Å². The van der Waals surface area contributed by atoms with Crippen LogP contribution < -0.4 is 5.32 Å². The summed E-state index contributed by atoms with van der Waals surface area (Å²) in [6.07, 6.45) is 86.5. The van der Waals surface area contributed by atoms with E-state index in [1.165, 1.54) is 321 Å². The van der Waals surface area contributed by atoms with E-state index >= 15 is 0 Å². The summed E-state index contributed by atoms with van der Waals surface area (Å²) in [5.74, 6) is -0.0183. The molecule has 0 aromatic heterocycles. The molecule has 0 spiro atoms. The standard InChI is InChI=1S/C73H141NO5/c1-3-5-7-9-11-13-15-17-19-21-23-30-33-37-41-45-49-53-57-61-65-71(76)70(69-75)74-72(77)66-62-58-54-50-46-42-38-34-31-27-25-24-26-28-32-36-40-44-48-52-56-60-64-68-79-73(78)67-63-59-55-51-47-43-39-35-29-22-20-18-16-14-12-10-8-6-4-2/h12,14,18,20,70-71,75-76H,3-11,13,15-17,19,21-69H2,1-2H3,(H,74,77)/b14-12-,20-18-. The minimum Gasteiger partial charge on any atom is -0.466 e. The molecule has 0 saturated carbocycles. The monoisotopic (exact) mass is 1110 g/mol. The highest BCUT2D eigenvalue weighted by molar-refractivity contribution is 5.76. The molecule has 0 aromatic rings. The minimum atomic E-state index is -0.665. The highest BCUT2D eigenvalue weighted by Gasteiger charge is 2.20. The molecule has 1 amide bonds. The predicted molar refractivity (Wildman–Crippen MR) is 347 cm³/mol. The number of aliphatic hydroxyl groups is 2. The van der Waals surface area contributed by atoms with E-state index in [1.807, 2.05) is 0 Å². The second-order valence-electron chi connectivity index (χ2n) is 24.9. The van der Waals surface area contributed by atoms with E-state index in [1.54, 1.807) is 0 Å². The summed E-state index contributed by atoms with van der Waals surface area (Å²) in [5.41, 5.74) is 0. The Morgan fingerprint density at radius 2 is 0.633 bits per heavy atom. The summed E-state index contributed by atoms with van der Waals surface area (Å²) in [6.45, 7) is 4.97. The smallest absolute Gasteiger partial charge is 0.305 e. The van der Waals surface area contributed by atoms with E-state index in [-0.39, 0.29) is 18.5 Å². The van der Waals surface area contributed by atoms with E-state index in [0.29, 0.717) is 25.9 Å². The van der Waals surface area contributed by atoms with Crippen molar-refractivity contribution in [3.8, 4) is 0 Å². The second-order valence-corrected chi connectivity index (χ2v) is 24.9. The van der Waals surface area contributed by atoms with Crippen LogP contribution in [0.15, 0.2) is 24.3 Å². The Bertz CT molecular complexity index is 1230. The lowest BCUT2D eigenvalue weighted by molar-refractivity contribution is -0.143. The topological polar surface area (TPSA) is 95.9 Å². The number of unbranched alkanes of at least 4 members (excludes halogenated alkanes) is 53. The second kappa shape index (κ2) is 68.8. The van der Waals surface area contributed by atoms with E-state index in [0.717, 1.165) is 51.4 Å². The SMILES string of the molecule is CCCCC/C=C\C/C=C\CCCCCCCCCCCC(=O)OCCCCCCCCCCCCCCCCCCCCCCCCCC(=O)NC(CO)C(O)CCCCCCCCCCCCCCCCCCCCCC. The van der Waals surface area contributed by atoms with Gasteiger partial charge < -0.3 is 20.3 Å². The van der Waals surface area contributed by atoms with Gasteiger partial charge in [-0.2, -0.15) is 0 Å². The zero-order chi connectivity index (χ0) is 57.1. The van der Waals surface area contributed by atoms with Crippen molar-refractivity contribution in [2.24, 2.45) is 0 Å². The molecule has 6 nitrogen and oxygen atoms in total. The van der Waals surface area contributed by atoms with Gasteiger partial charge in [-0.15, -0.1) is 0 Å². The van der Waals surface area contributed by atoms with Crippen LogP contribution >= 0.6 is 0 Å². The van der Waals surface area contributed by atoms with Crippen LogP contribution in [0.25, 0.3) is 0 Å². The molecule has 0 saturated heterocycles. The van der Waals surface area contributed by atoms with Crippen LogP contribution in [0, 0.1) is 0 Å². The Kier molecular flexibility index (Phi) is 67.4. The number of carbonyl (C=O) groups excluding carboxylic acids is 2. The highest BCUT2D eigenvalue weighted by Crippen LogP contribution is 2.19. The zero-order valence-electron chi connectivity index (χ0n) is 53.6. The van der Waals surface area contributed by atoms with Gasteiger partial charge in [-0.1, -0.05) is 359 Å². The summed E-state index contributed by atoms with van der Waals surface area (Å²) in [5, 5.41) is 23.4. The normalized spacial score (nSPS) is 12.6. The third kappa shape index (κ3) is 65.4. The number of nitrogens with one attached hydrogen (secondary N) is 1. The van der Waals surface area contributed by atoms with E-state index in [2.05, 4.69) is 43.5 Å². The highest BCUT2D eigenvalue weighted by atomic mass is 16.5. The zero-order valence-corrected chi connectivity index (χ0v) is 53.6. The number of allylic oxidation sites excluding steroid dienone is 4. The number of rotatable bonds is 68. The molecule has 468 valence electrons. The lowest BCUT2D eigenvalue weighted by atomic mass is 10.0. The summed E-state index contributed by atoms with van der Waals surface area (Å²) in [6, 6.07) is -0.542. The molecule has 0 aliphatic rings. The molecular formula is C73H141NO5. The molecule has 6 heteroatoms. The summed E-state index contributed by atoms with van der Waals surface area (Å²) in [7, 11) is 0. The van der Waals surface area contributed by atoms with Crippen LogP contribution in [-0.4, -0.2) is 47.4 Å². The van der Waals surface area contributed by atoms with E-state index in [9.17, 15) is 19.8 Å². The number of hydrogen-bond donors (Lipinski definition) is 3. The van der Waals surface area contributed by atoms with Crippen LogP contribution in [0.1, 0.15) is 406 Å². The summed E-state index contributed by atoms with van der Waals surface area (Å²) < 4.78 is 5.51. The van der Waals surface area contributed by atoms with Gasteiger partial charge in [0.1, 0.15) is 0 Å². The number of aliphatic hydroxyl groups excluding tert-OH is 2. The summed E-state index contributed by atoms with van der Waals surface area (Å²) in [4.78, 5) is 24.7. The van der Waals surface area contributed by atoms with Crippen molar-refractivity contribution in [2.75, 3.05) is 13.2 Å². The molecule has 0 heterocycles. The molecule has 2 unspecified atom stereocenters. The fraction of sp³-hybridized carbons (Fsp3) is 0.918. The maximum Gasteiger partial charge on any atom is 0.305 e. The molecule has 0 aromatic carbocycles. The molecule has 0 rings (SSSR count). The fourth-order valence-corrected chi connectivity index (χ4v) is 11.5. The number of carbonyl (C=O) groups is 2. The van der Waals surface area contributed by atoms with Gasteiger partial charge in [0.2, 0.25) is 5.91 Å². The first-order valence-electron chi connectivity index (χ1n) is 36.1. The van der Waals surface area contributed by atoms with Crippen molar-refractivity contribution in [2.45, 2.75) is 418 Å². The van der Waals surface area contributed by atoms with Gasteiger partial charge in [-0.25, -0.2) is 0 Å². The van der Waals surface area contributed by atoms with Crippen LogP contribution in [0.3, 0.4) is 0 Å². The lowest BCUT2D eigenvalue weighted by Crippen LogP contribution is -2.45. The number of amides is 1. The van der Waals surface area contributed by atoms with Crippen LogP contribution in [0.2, 0.25) is 0 Å². The van der Waals surface area contributed by atoms with Crippen LogP contribution in [0.5, 0.6) is 0 Å². The van der Waals surface area contributed by atoms with Crippen molar-refractivity contribution in [1.29, 1.82) is 0 Å². The quantitative estimate of drug-likeness (QED) is 0.0320. The molecule has 0 aliphatic carbocycles. The minimum absolute atomic E-state index is 0.0117. The molecule has 0 bridgehead atoms. The first-order chi connectivity index (χ1) is 39.0. The maximum absolute atomic E-state index is 12.5. The fourth-order valence-electron chi connectivity index (χ4n) is 11.5. The molecule has 2 atom stereocenters. The average Bonchev–Trinajstić information content (AvgIpc) is 3.45. The number of hydrogen-bond acceptors (Lipinski definition) is 5. The number of esters is 1. The van der Waals surface area contributed by atoms with E-state index < -0.39 is 12.1 Å². The van der Waals surface area contributed by atoms with Crippen LogP contribution in [-0.2, 0) is 14.3 Å². The molecule has 79 heavy (non-hydrogen) atoms. The lowest BCUT2D eigenvalue weighted by Gasteiger charge is -2.22. The van der Waals surface area contributed by atoms with Gasteiger partial charge in [0.15, 0.2) is 0 Å². The van der Waals surface area contributed by atoms with Crippen molar-refractivity contribution in [3.05, 3.63) is 24.3 Å². The summed E-state index contributed by atoms with van der Waals surface area (Å²) >= 11 is 0. The third-order valence-electron chi connectivity index (χ3n) is 17.0. The Labute approximate surface area is 494 Å². The van der Waals surface area contributed by atoms with Gasteiger partial charge >= 0.3 is 5.97 Å². The molecule has 3 N–H and O–H groups in total. The average molecular weight is 1110 g/mol. The van der Waals surface area contributed by atoms with Gasteiger partial charge in [-0.3, -0.25) is 9.59 Å². The Hall–Kier alpha value is -1.66. The van der Waals surface area contributed by atoms with Gasteiger partial charge in [-0.05, 0) is 57.8 Å². The van der Waals surface area contributed by atoms with Crippen molar-refractivity contribution < 1.29 is 24.5 Å². The molecule has 0 radical (unpaired) electrons. The first-order valence-corrected chi connectivity index (χ1v) is 36.1. The van der Waals surface area contributed by atoms with Crippen molar-refractivity contribution in [3.63, 3.8) is 0 Å². The largest absolute Gasteiger partial charge is 0.466 e. The van der Waals surface area contributed by atoms with Crippen molar-refractivity contribution >= 4 is 11.9 Å². The first kappa shape index (κ1) is 77.3. The van der Waals surface area contributed by atoms with Crippen LogP contribution in [0.4, 0.5) is 0 Å². The number of ether oxygens (including phenoxy) is 1. The van der Waals surface area contributed by atoms with E-state index in [4.69, 9.17) is 4.74 Å². The Morgan fingerprint density at radius 1 is 0.354 bits per heavy atom. The Morgan fingerprint density at radius 3 is 0.987 bits per heavy atom. The third-order valence-corrected chi connectivity index (χ3v) is 17.0.